The molecule has 0 atom stereocenters. The van der Waals surface area contributed by atoms with Crippen LogP contribution < -0.4 is 19.5 Å². The van der Waals surface area contributed by atoms with Gasteiger partial charge < -0.3 is 19.5 Å². The van der Waals surface area contributed by atoms with E-state index in [2.05, 4.69) is 15.5 Å². The minimum Gasteiger partial charge on any atom is -0.497 e. The predicted octanol–water partition coefficient (Wildman–Crippen LogP) is 4.39. The second-order valence-electron chi connectivity index (χ2n) is 7.33. The Morgan fingerprint density at radius 1 is 0.794 bits per heavy atom. The summed E-state index contributed by atoms with van der Waals surface area (Å²) in [5.41, 5.74) is 3.64. The Hall–Kier alpha value is -4.39. The fraction of sp³-hybridized carbons (Fsp3) is 0.148. The third-order valence-electron chi connectivity index (χ3n) is 5.03. The number of para-hydroxylation sites is 1. The first-order valence-corrected chi connectivity index (χ1v) is 10.9. The predicted molar refractivity (Wildman–Crippen MR) is 130 cm³/mol. The Balaban J connectivity index is 1.21. The minimum absolute atomic E-state index is 0.0831. The molecule has 4 aromatic rings. The van der Waals surface area contributed by atoms with E-state index >= 15 is 0 Å². The molecular weight excluding hydrogens is 430 g/mol. The number of nitrogens with zero attached hydrogens (tertiary/aromatic N) is 2. The van der Waals surface area contributed by atoms with Crippen molar-refractivity contribution in [1.82, 2.24) is 15.5 Å². The van der Waals surface area contributed by atoms with Crippen LogP contribution in [-0.2, 0) is 4.79 Å². The van der Waals surface area contributed by atoms with Gasteiger partial charge in [0.1, 0.15) is 18.1 Å². The summed E-state index contributed by atoms with van der Waals surface area (Å²) in [4.78, 5) is 12.2. The van der Waals surface area contributed by atoms with Gasteiger partial charge in [0, 0.05) is 17.2 Å². The number of carbonyl (C=O) groups is 1. The monoisotopic (exact) mass is 455 g/mol. The molecule has 1 N–H and O–H groups in total. The van der Waals surface area contributed by atoms with Gasteiger partial charge in [-0.3, -0.25) is 4.79 Å². The molecule has 0 unspecified atom stereocenters. The molecule has 0 saturated heterocycles. The van der Waals surface area contributed by atoms with Crippen LogP contribution in [0.15, 0.2) is 91.0 Å². The van der Waals surface area contributed by atoms with Crippen LogP contribution in [0.25, 0.3) is 22.4 Å². The molecular formula is C27H25N3O4. The van der Waals surface area contributed by atoms with Gasteiger partial charge in [-0.15, -0.1) is 10.2 Å². The molecule has 172 valence electrons. The second kappa shape index (κ2) is 11.5. The fourth-order valence-electron chi connectivity index (χ4n) is 3.30. The molecule has 0 spiro atoms. The van der Waals surface area contributed by atoms with E-state index in [0.29, 0.717) is 18.2 Å². The first-order valence-electron chi connectivity index (χ1n) is 10.9. The van der Waals surface area contributed by atoms with E-state index in [1.54, 1.807) is 13.2 Å². The van der Waals surface area contributed by atoms with Gasteiger partial charge in [0.05, 0.1) is 19.3 Å². The zero-order chi connectivity index (χ0) is 23.6. The van der Waals surface area contributed by atoms with E-state index in [1.165, 1.54) is 0 Å². The van der Waals surface area contributed by atoms with Crippen molar-refractivity contribution in [2.75, 3.05) is 26.9 Å². The number of benzene rings is 3. The van der Waals surface area contributed by atoms with E-state index in [0.717, 1.165) is 28.1 Å². The van der Waals surface area contributed by atoms with Gasteiger partial charge >= 0.3 is 0 Å². The smallest absolute Gasteiger partial charge is 0.258 e. The van der Waals surface area contributed by atoms with Gasteiger partial charge in [-0.05, 0) is 42.0 Å². The molecule has 0 radical (unpaired) electrons. The van der Waals surface area contributed by atoms with Crippen molar-refractivity contribution < 1.29 is 19.0 Å². The molecule has 0 saturated carbocycles. The van der Waals surface area contributed by atoms with Crippen LogP contribution in [-0.4, -0.2) is 43.0 Å². The van der Waals surface area contributed by atoms with Crippen molar-refractivity contribution >= 4 is 5.91 Å². The lowest BCUT2D eigenvalue weighted by molar-refractivity contribution is -0.123. The minimum atomic E-state index is -0.229. The average Bonchev–Trinajstić information content (AvgIpc) is 2.91. The standard InChI is InChI=1S/C27H25N3O4/c1-32-22-13-11-21(12-14-22)24-15-16-27(30-29-24)33-18-17-28-26(31)19-34-25-10-6-5-9-23(25)20-7-3-2-4-8-20/h2-16H,17-19H2,1H3,(H,28,31). The third kappa shape index (κ3) is 6.10. The van der Waals surface area contributed by atoms with Crippen LogP contribution in [0.3, 0.4) is 0 Å². The summed E-state index contributed by atoms with van der Waals surface area (Å²) < 4.78 is 16.5. The molecule has 0 aliphatic rings. The van der Waals surface area contributed by atoms with E-state index in [1.807, 2.05) is 84.9 Å². The van der Waals surface area contributed by atoms with Crippen LogP contribution in [0.5, 0.6) is 17.4 Å². The SMILES string of the molecule is COc1ccc(-c2ccc(OCCNC(=O)COc3ccccc3-c3ccccc3)nn2)cc1. The van der Waals surface area contributed by atoms with E-state index < -0.39 is 0 Å². The summed E-state index contributed by atoms with van der Waals surface area (Å²) in [5.74, 6) is 1.60. The van der Waals surface area contributed by atoms with Crippen molar-refractivity contribution in [3.8, 4) is 39.8 Å². The molecule has 1 heterocycles. The number of nitrogens with one attached hydrogen (secondary N) is 1. The number of hydrogen-bond acceptors (Lipinski definition) is 6. The number of carbonyl (C=O) groups excluding carboxylic acids is 1. The fourth-order valence-corrected chi connectivity index (χ4v) is 3.30. The van der Waals surface area contributed by atoms with Crippen molar-refractivity contribution in [3.05, 3.63) is 91.0 Å². The van der Waals surface area contributed by atoms with Gasteiger partial charge in [-0.1, -0.05) is 48.5 Å². The molecule has 0 aliphatic carbocycles. The average molecular weight is 456 g/mol. The Labute approximate surface area is 198 Å². The molecule has 3 aromatic carbocycles. The summed E-state index contributed by atoms with van der Waals surface area (Å²) in [6.07, 6.45) is 0. The summed E-state index contributed by atoms with van der Waals surface area (Å²) in [5, 5.41) is 11.1. The van der Waals surface area contributed by atoms with Gasteiger partial charge in [-0.2, -0.15) is 0 Å². The van der Waals surface area contributed by atoms with E-state index in [9.17, 15) is 4.79 Å². The highest BCUT2D eigenvalue weighted by Crippen LogP contribution is 2.29. The summed E-state index contributed by atoms with van der Waals surface area (Å²) >= 11 is 0. The lowest BCUT2D eigenvalue weighted by atomic mass is 10.1. The molecule has 7 nitrogen and oxygen atoms in total. The van der Waals surface area contributed by atoms with Gasteiger partial charge in [0.2, 0.25) is 5.88 Å². The quantitative estimate of drug-likeness (QED) is 0.357. The van der Waals surface area contributed by atoms with Crippen LogP contribution in [0.2, 0.25) is 0 Å². The Morgan fingerprint density at radius 2 is 1.56 bits per heavy atom. The van der Waals surface area contributed by atoms with E-state index in [-0.39, 0.29) is 19.1 Å². The second-order valence-corrected chi connectivity index (χ2v) is 7.33. The maximum Gasteiger partial charge on any atom is 0.258 e. The topological polar surface area (TPSA) is 82.6 Å². The molecule has 4 rings (SSSR count). The van der Waals surface area contributed by atoms with Crippen LogP contribution in [0.1, 0.15) is 0 Å². The maximum atomic E-state index is 12.2. The normalized spacial score (nSPS) is 10.4. The number of rotatable bonds is 10. The molecule has 0 aliphatic heterocycles. The van der Waals surface area contributed by atoms with Crippen LogP contribution in [0, 0.1) is 0 Å². The zero-order valence-electron chi connectivity index (χ0n) is 18.8. The molecule has 34 heavy (non-hydrogen) atoms. The summed E-state index contributed by atoms with van der Waals surface area (Å²) in [7, 11) is 1.63. The van der Waals surface area contributed by atoms with Gasteiger partial charge in [0.15, 0.2) is 6.61 Å². The summed E-state index contributed by atoms with van der Waals surface area (Å²) in [6.45, 7) is 0.507. The number of aromatic nitrogens is 2. The number of amides is 1. The van der Waals surface area contributed by atoms with Gasteiger partial charge in [0.25, 0.3) is 5.91 Å². The van der Waals surface area contributed by atoms with Crippen molar-refractivity contribution in [2.24, 2.45) is 0 Å². The van der Waals surface area contributed by atoms with Crippen molar-refractivity contribution in [2.45, 2.75) is 0 Å². The van der Waals surface area contributed by atoms with Crippen LogP contribution >= 0.6 is 0 Å². The Kier molecular flexibility index (Phi) is 7.69. The number of methoxy groups -OCH3 is 1. The molecule has 0 bridgehead atoms. The summed E-state index contributed by atoms with van der Waals surface area (Å²) in [6, 6.07) is 28.7. The molecule has 0 fully saturated rings. The Bertz CT molecular complexity index is 1200. The van der Waals surface area contributed by atoms with Crippen molar-refractivity contribution in [1.29, 1.82) is 0 Å². The Morgan fingerprint density at radius 3 is 2.29 bits per heavy atom. The molecule has 7 heteroatoms. The lowest BCUT2D eigenvalue weighted by Gasteiger charge is -2.12. The highest BCUT2D eigenvalue weighted by Gasteiger charge is 2.08. The highest BCUT2D eigenvalue weighted by molar-refractivity contribution is 5.78. The molecule has 1 amide bonds. The number of hydrogen-bond donors (Lipinski definition) is 1. The number of ether oxygens (including phenoxy) is 3. The highest BCUT2D eigenvalue weighted by atomic mass is 16.5. The van der Waals surface area contributed by atoms with Gasteiger partial charge in [-0.25, -0.2) is 0 Å². The van der Waals surface area contributed by atoms with E-state index in [4.69, 9.17) is 14.2 Å². The lowest BCUT2D eigenvalue weighted by Crippen LogP contribution is -2.32. The van der Waals surface area contributed by atoms with Crippen molar-refractivity contribution in [3.63, 3.8) is 0 Å². The largest absolute Gasteiger partial charge is 0.497 e. The first kappa shape index (κ1) is 22.8. The maximum absolute atomic E-state index is 12.2. The molecule has 1 aromatic heterocycles. The first-order chi connectivity index (χ1) is 16.7. The van der Waals surface area contributed by atoms with Crippen LogP contribution in [0.4, 0.5) is 0 Å². The zero-order valence-corrected chi connectivity index (χ0v) is 18.8. The third-order valence-corrected chi connectivity index (χ3v) is 5.03.